The van der Waals surface area contributed by atoms with Gasteiger partial charge in [0.15, 0.2) is 11.8 Å². The van der Waals surface area contributed by atoms with E-state index in [9.17, 15) is 18.0 Å². The highest BCUT2D eigenvalue weighted by molar-refractivity contribution is 6.05. The van der Waals surface area contributed by atoms with Crippen LogP contribution in [-0.2, 0) is 17.3 Å². The summed E-state index contributed by atoms with van der Waals surface area (Å²) in [4.78, 5) is 32.2. The molecule has 0 bridgehead atoms. The Labute approximate surface area is 267 Å². The summed E-state index contributed by atoms with van der Waals surface area (Å²) in [7, 11) is 7.05. The lowest BCUT2D eigenvalue weighted by molar-refractivity contribution is -0.137. The Hall–Kier alpha value is -4.43. The van der Waals surface area contributed by atoms with Crippen molar-refractivity contribution in [2.24, 2.45) is 4.99 Å². The molecule has 3 aromatic rings. The monoisotopic (exact) mass is 641 g/mol. The van der Waals surface area contributed by atoms with Crippen molar-refractivity contribution >= 4 is 40.4 Å². The number of alkyl halides is 3. The van der Waals surface area contributed by atoms with Crippen LogP contribution in [0.1, 0.15) is 34.1 Å². The second-order valence-electron chi connectivity index (χ2n) is 11.2. The SMILES string of the molecule is CCc1ncnc(Nc2cc(C(=O)Nc3ccc(N(C)CCN(C)C)c(C(F)(F)F)c3)ccc2C)c1NC(=NC)N1CCOCC1. The number of aryl methyl sites for hydroxylation is 2. The van der Waals surface area contributed by atoms with Gasteiger partial charge >= 0.3 is 6.18 Å². The highest BCUT2D eigenvalue weighted by Gasteiger charge is 2.35. The molecular weight excluding hydrogens is 599 g/mol. The normalized spacial score (nSPS) is 14.0. The van der Waals surface area contributed by atoms with Crippen LogP contribution in [0.15, 0.2) is 47.7 Å². The minimum atomic E-state index is -4.60. The summed E-state index contributed by atoms with van der Waals surface area (Å²) in [5.41, 5.74) is 2.39. The van der Waals surface area contributed by atoms with E-state index in [0.717, 1.165) is 17.3 Å². The topological polar surface area (TPSA) is 110 Å². The summed E-state index contributed by atoms with van der Waals surface area (Å²) in [6.45, 7) is 7.44. The number of nitrogens with zero attached hydrogens (tertiary/aromatic N) is 6. The molecule has 2 heterocycles. The van der Waals surface area contributed by atoms with Crippen molar-refractivity contribution < 1.29 is 22.7 Å². The van der Waals surface area contributed by atoms with Gasteiger partial charge in [-0.3, -0.25) is 9.79 Å². The van der Waals surface area contributed by atoms with Gasteiger partial charge in [-0.2, -0.15) is 13.2 Å². The Morgan fingerprint density at radius 3 is 2.43 bits per heavy atom. The van der Waals surface area contributed by atoms with Gasteiger partial charge < -0.3 is 35.4 Å². The maximum atomic E-state index is 14.1. The van der Waals surface area contributed by atoms with Gasteiger partial charge in [0.25, 0.3) is 5.91 Å². The van der Waals surface area contributed by atoms with Crippen LogP contribution in [-0.4, -0.2) is 99.2 Å². The Morgan fingerprint density at radius 2 is 1.78 bits per heavy atom. The zero-order valence-corrected chi connectivity index (χ0v) is 27.1. The largest absolute Gasteiger partial charge is 0.418 e. The van der Waals surface area contributed by atoms with Gasteiger partial charge in [-0.05, 0) is 63.3 Å². The third-order valence-corrected chi connectivity index (χ3v) is 7.63. The molecule has 2 aromatic carbocycles. The second-order valence-corrected chi connectivity index (χ2v) is 11.2. The number of hydrogen-bond donors (Lipinski definition) is 3. The summed E-state index contributed by atoms with van der Waals surface area (Å²) < 4.78 is 47.6. The smallest absolute Gasteiger partial charge is 0.378 e. The number of morpholine rings is 1. The summed E-state index contributed by atoms with van der Waals surface area (Å²) in [6, 6.07) is 8.88. The minimum absolute atomic E-state index is 0.0415. The van der Waals surface area contributed by atoms with Crippen molar-refractivity contribution in [1.82, 2.24) is 19.8 Å². The van der Waals surface area contributed by atoms with Crippen LogP contribution in [0, 0.1) is 6.92 Å². The summed E-state index contributed by atoms with van der Waals surface area (Å²) in [5.74, 6) is 0.604. The van der Waals surface area contributed by atoms with Crippen molar-refractivity contribution in [3.05, 3.63) is 65.1 Å². The molecule has 0 spiro atoms. The van der Waals surface area contributed by atoms with Crippen molar-refractivity contribution in [1.29, 1.82) is 0 Å². The molecule has 0 radical (unpaired) electrons. The molecular formula is C32H42F3N9O2. The van der Waals surface area contributed by atoms with E-state index in [-0.39, 0.29) is 16.9 Å². The van der Waals surface area contributed by atoms with E-state index in [1.165, 1.54) is 18.5 Å². The lowest BCUT2D eigenvalue weighted by Crippen LogP contribution is -2.44. The highest BCUT2D eigenvalue weighted by Crippen LogP contribution is 2.38. The van der Waals surface area contributed by atoms with Crippen LogP contribution in [0.25, 0.3) is 0 Å². The summed E-state index contributed by atoms with van der Waals surface area (Å²) >= 11 is 0. The number of rotatable bonds is 10. The number of aliphatic imine (C=N–C) groups is 1. The van der Waals surface area contributed by atoms with Crippen LogP contribution in [0.3, 0.4) is 0 Å². The lowest BCUT2D eigenvalue weighted by atomic mass is 10.1. The maximum absolute atomic E-state index is 14.1. The molecule has 0 aliphatic carbocycles. The molecule has 3 N–H and O–H groups in total. The molecule has 1 fully saturated rings. The zero-order chi connectivity index (χ0) is 33.4. The fourth-order valence-corrected chi connectivity index (χ4v) is 4.95. The van der Waals surface area contributed by atoms with Gasteiger partial charge in [-0.25, -0.2) is 9.97 Å². The molecule has 248 valence electrons. The first-order chi connectivity index (χ1) is 21.9. The number of carbonyl (C=O) groups is 1. The number of hydrogen-bond acceptors (Lipinski definition) is 8. The van der Waals surface area contributed by atoms with Crippen LogP contribution >= 0.6 is 0 Å². The standard InChI is InChI=1S/C32H42F3N9O2/c1-7-25-28(41-31(36-3)44-14-16-46-17-15-44)29(38-20-37-25)40-26-18-22(9-8-21(26)2)30(45)39-23-10-11-27(24(19-23)32(33,34)35)43(6)13-12-42(4)5/h8-11,18-20H,7,12-17H2,1-6H3,(H,36,41)(H,39,45)(H,37,38,40). The van der Waals surface area contributed by atoms with E-state index >= 15 is 0 Å². The zero-order valence-electron chi connectivity index (χ0n) is 27.1. The van der Waals surface area contributed by atoms with Gasteiger partial charge in [0.1, 0.15) is 12.0 Å². The van der Waals surface area contributed by atoms with Crippen LogP contribution in [0.5, 0.6) is 0 Å². The average Bonchev–Trinajstić information content (AvgIpc) is 3.03. The number of anilines is 5. The van der Waals surface area contributed by atoms with Gasteiger partial charge in [-0.15, -0.1) is 0 Å². The fraction of sp³-hybridized carbons (Fsp3) is 0.438. The van der Waals surface area contributed by atoms with Crippen molar-refractivity contribution in [3.8, 4) is 0 Å². The molecule has 0 unspecified atom stereocenters. The molecule has 1 aliphatic heterocycles. The quantitative estimate of drug-likeness (QED) is 0.206. The van der Waals surface area contributed by atoms with E-state index in [1.54, 1.807) is 37.2 Å². The van der Waals surface area contributed by atoms with Crippen molar-refractivity contribution in [3.63, 3.8) is 0 Å². The molecule has 1 aromatic heterocycles. The third-order valence-electron chi connectivity index (χ3n) is 7.63. The number of nitrogens with one attached hydrogen (secondary N) is 3. The molecule has 1 amide bonds. The molecule has 0 atom stereocenters. The molecule has 1 aliphatic rings. The van der Waals surface area contributed by atoms with Gasteiger partial charge in [0.05, 0.1) is 24.5 Å². The third kappa shape index (κ3) is 8.63. The molecule has 4 rings (SSSR count). The number of halogens is 3. The van der Waals surface area contributed by atoms with Gasteiger partial charge in [0, 0.05) is 62.9 Å². The van der Waals surface area contributed by atoms with Crippen molar-refractivity contribution in [2.45, 2.75) is 26.4 Å². The number of benzene rings is 2. The summed E-state index contributed by atoms with van der Waals surface area (Å²) in [5, 5.41) is 9.36. The molecule has 11 nitrogen and oxygen atoms in total. The van der Waals surface area contributed by atoms with Crippen molar-refractivity contribution in [2.75, 3.05) is 88.4 Å². The first kappa shape index (κ1) is 34.4. The lowest BCUT2D eigenvalue weighted by Gasteiger charge is -2.30. The Balaban J connectivity index is 1.57. The number of amides is 1. The van der Waals surface area contributed by atoms with E-state index in [0.29, 0.717) is 69.0 Å². The first-order valence-electron chi connectivity index (χ1n) is 15.1. The molecule has 46 heavy (non-hydrogen) atoms. The number of likely N-dealkylation sites (N-methyl/N-ethyl adjacent to an activating group) is 2. The Bertz CT molecular complexity index is 1540. The Kier molecular flexibility index (Phi) is 11.4. The average molecular weight is 642 g/mol. The van der Waals surface area contributed by atoms with E-state index in [1.807, 2.05) is 32.8 Å². The fourth-order valence-electron chi connectivity index (χ4n) is 4.95. The number of aromatic nitrogens is 2. The van der Waals surface area contributed by atoms with Crippen LogP contribution < -0.4 is 20.9 Å². The van der Waals surface area contributed by atoms with Crippen LogP contribution in [0.2, 0.25) is 0 Å². The second kappa shape index (κ2) is 15.2. The molecule has 0 saturated carbocycles. The maximum Gasteiger partial charge on any atom is 0.418 e. The van der Waals surface area contributed by atoms with E-state index in [2.05, 4.69) is 35.8 Å². The minimum Gasteiger partial charge on any atom is -0.378 e. The number of ether oxygens (including phenoxy) is 1. The van der Waals surface area contributed by atoms with Crippen LogP contribution in [0.4, 0.5) is 41.7 Å². The highest BCUT2D eigenvalue weighted by atomic mass is 19.4. The number of guanidine groups is 1. The molecule has 14 heteroatoms. The predicted molar refractivity (Wildman–Crippen MR) is 176 cm³/mol. The van der Waals surface area contributed by atoms with E-state index < -0.39 is 17.6 Å². The summed E-state index contributed by atoms with van der Waals surface area (Å²) in [6.07, 6.45) is -2.51. The van der Waals surface area contributed by atoms with E-state index in [4.69, 9.17) is 4.74 Å². The molecule has 1 saturated heterocycles. The number of carbonyl (C=O) groups excluding carboxylic acids is 1. The van der Waals surface area contributed by atoms with Gasteiger partial charge in [-0.1, -0.05) is 13.0 Å². The Morgan fingerprint density at radius 1 is 1.04 bits per heavy atom. The first-order valence-corrected chi connectivity index (χ1v) is 15.1. The predicted octanol–water partition coefficient (Wildman–Crippen LogP) is 5.09. The van der Waals surface area contributed by atoms with Gasteiger partial charge in [0.2, 0.25) is 0 Å².